The number of nitrogens with one attached hydrogen (secondary N) is 1. The smallest absolute Gasteiger partial charge is 0.305 e. The molecule has 1 aliphatic rings. The molecule has 7 heteroatoms. The fraction of sp³-hybridized carbons (Fsp3) is 0.600. The SMILES string of the molecule is CCc1nnc(C)cc1C(=O)NC1(CC(=O)O)CCOCC1. The van der Waals surface area contributed by atoms with Gasteiger partial charge < -0.3 is 15.2 Å². The highest BCUT2D eigenvalue weighted by Gasteiger charge is 2.37. The molecule has 0 spiro atoms. The van der Waals surface area contributed by atoms with E-state index < -0.39 is 11.5 Å². The molecule has 0 unspecified atom stereocenters. The first-order chi connectivity index (χ1) is 10.5. The van der Waals surface area contributed by atoms with Crippen LogP contribution in [0.4, 0.5) is 0 Å². The summed E-state index contributed by atoms with van der Waals surface area (Å²) in [6.07, 6.45) is 1.46. The van der Waals surface area contributed by atoms with Gasteiger partial charge in [0.25, 0.3) is 5.91 Å². The normalized spacial score (nSPS) is 17.0. The maximum absolute atomic E-state index is 12.6. The van der Waals surface area contributed by atoms with Gasteiger partial charge in [0.1, 0.15) is 0 Å². The first-order valence-corrected chi connectivity index (χ1v) is 7.41. The zero-order chi connectivity index (χ0) is 16.2. The fourth-order valence-corrected chi connectivity index (χ4v) is 2.68. The number of carboxylic acids is 1. The van der Waals surface area contributed by atoms with Crippen LogP contribution in [0.1, 0.15) is 47.9 Å². The summed E-state index contributed by atoms with van der Waals surface area (Å²) >= 11 is 0. The predicted molar refractivity (Wildman–Crippen MR) is 78.7 cm³/mol. The number of ether oxygens (including phenoxy) is 1. The number of amides is 1. The van der Waals surface area contributed by atoms with E-state index in [1.807, 2.05) is 6.92 Å². The number of nitrogens with zero attached hydrogens (tertiary/aromatic N) is 2. The van der Waals surface area contributed by atoms with E-state index in [4.69, 9.17) is 9.84 Å². The van der Waals surface area contributed by atoms with E-state index in [2.05, 4.69) is 15.5 Å². The lowest BCUT2D eigenvalue weighted by Crippen LogP contribution is -2.53. The van der Waals surface area contributed by atoms with Gasteiger partial charge in [0.05, 0.1) is 28.9 Å². The van der Waals surface area contributed by atoms with Crippen molar-refractivity contribution in [2.24, 2.45) is 0 Å². The molecule has 0 atom stereocenters. The number of carbonyl (C=O) groups is 2. The molecule has 0 aromatic carbocycles. The molecule has 1 amide bonds. The van der Waals surface area contributed by atoms with Gasteiger partial charge in [-0.25, -0.2) is 0 Å². The van der Waals surface area contributed by atoms with Crippen molar-refractivity contribution in [1.29, 1.82) is 0 Å². The van der Waals surface area contributed by atoms with Gasteiger partial charge in [-0.15, -0.1) is 0 Å². The summed E-state index contributed by atoms with van der Waals surface area (Å²) in [7, 11) is 0. The van der Waals surface area contributed by atoms with E-state index in [1.54, 1.807) is 13.0 Å². The molecule has 0 radical (unpaired) electrons. The minimum Gasteiger partial charge on any atom is -0.481 e. The summed E-state index contributed by atoms with van der Waals surface area (Å²) < 4.78 is 5.29. The Hall–Kier alpha value is -2.02. The molecule has 2 rings (SSSR count). The van der Waals surface area contributed by atoms with Crippen molar-refractivity contribution >= 4 is 11.9 Å². The first kappa shape index (κ1) is 16.4. The van der Waals surface area contributed by atoms with E-state index >= 15 is 0 Å². The molecule has 0 bridgehead atoms. The highest BCUT2D eigenvalue weighted by Crippen LogP contribution is 2.25. The molecule has 0 aliphatic carbocycles. The van der Waals surface area contributed by atoms with Gasteiger partial charge in [-0.3, -0.25) is 9.59 Å². The Labute approximate surface area is 129 Å². The first-order valence-electron chi connectivity index (χ1n) is 7.41. The molecular weight excluding hydrogens is 286 g/mol. The molecule has 1 fully saturated rings. The minimum absolute atomic E-state index is 0.110. The molecule has 1 saturated heterocycles. The lowest BCUT2D eigenvalue weighted by atomic mass is 9.86. The lowest BCUT2D eigenvalue weighted by molar-refractivity contribution is -0.139. The van der Waals surface area contributed by atoms with Crippen molar-refractivity contribution in [1.82, 2.24) is 15.5 Å². The fourth-order valence-electron chi connectivity index (χ4n) is 2.68. The number of aryl methyl sites for hydroxylation is 2. The molecular formula is C15H21N3O4. The zero-order valence-corrected chi connectivity index (χ0v) is 12.9. The largest absolute Gasteiger partial charge is 0.481 e. The molecule has 1 aromatic heterocycles. The van der Waals surface area contributed by atoms with Crippen molar-refractivity contribution in [3.8, 4) is 0 Å². The van der Waals surface area contributed by atoms with E-state index in [0.29, 0.717) is 49.4 Å². The van der Waals surface area contributed by atoms with E-state index in [0.717, 1.165) is 0 Å². The Morgan fingerprint density at radius 2 is 2.05 bits per heavy atom. The van der Waals surface area contributed by atoms with Crippen LogP contribution in [-0.4, -0.2) is 45.9 Å². The third-order valence-electron chi connectivity index (χ3n) is 3.89. The highest BCUT2D eigenvalue weighted by atomic mass is 16.5. The Morgan fingerprint density at radius 3 is 2.64 bits per heavy atom. The van der Waals surface area contributed by atoms with E-state index in [1.165, 1.54) is 0 Å². The van der Waals surface area contributed by atoms with Crippen LogP contribution in [0.15, 0.2) is 6.07 Å². The average Bonchev–Trinajstić information content (AvgIpc) is 2.47. The molecule has 0 saturated carbocycles. The van der Waals surface area contributed by atoms with Gasteiger partial charge in [0.15, 0.2) is 0 Å². The lowest BCUT2D eigenvalue weighted by Gasteiger charge is -2.37. The minimum atomic E-state index is -0.929. The van der Waals surface area contributed by atoms with Gasteiger partial charge in [-0.05, 0) is 32.3 Å². The van der Waals surface area contributed by atoms with Crippen molar-refractivity contribution in [2.75, 3.05) is 13.2 Å². The van der Waals surface area contributed by atoms with Crippen molar-refractivity contribution < 1.29 is 19.4 Å². The van der Waals surface area contributed by atoms with Crippen LogP contribution in [0.2, 0.25) is 0 Å². The van der Waals surface area contributed by atoms with Crippen LogP contribution in [0.3, 0.4) is 0 Å². The third-order valence-corrected chi connectivity index (χ3v) is 3.89. The number of rotatable bonds is 5. The van der Waals surface area contributed by atoms with E-state index in [9.17, 15) is 9.59 Å². The van der Waals surface area contributed by atoms with Crippen molar-refractivity contribution in [2.45, 2.75) is 45.1 Å². The summed E-state index contributed by atoms with van der Waals surface area (Å²) in [5.41, 5.74) is 0.970. The third kappa shape index (κ3) is 3.79. The van der Waals surface area contributed by atoms with Crippen LogP contribution in [0.25, 0.3) is 0 Å². The monoisotopic (exact) mass is 307 g/mol. The highest BCUT2D eigenvalue weighted by molar-refractivity contribution is 5.96. The quantitative estimate of drug-likeness (QED) is 0.844. The summed E-state index contributed by atoms with van der Waals surface area (Å²) in [6, 6.07) is 1.69. The van der Waals surface area contributed by atoms with Crippen LogP contribution >= 0.6 is 0 Å². The van der Waals surface area contributed by atoms with Crippen molar-refractivity contribution in [3.05, 3.63) is 23.0 Å². The Morgan fingerprint density at radius 1 is 1.36 bits per heavy atom. The van der Waals surface area contributed by atoms with Crippen LogP contribution in [0, 0.1) is 6.92 Å². The maximum Gasteiger partial charge on any atom is 0.305 e. The number of carboxylic acid groups (broad SMARTS) is 1. The standard InChI is InChI=1S/C15H21N3O4/c1-3-12-11(8-10(2)17-18-12)14(21)16-15(9-13(19)20)4-6-22-7-5-15/h8H,3-7,9H2,1-2H3,(H,16,21)(H,19,20). The zero-order valence-electron chi connectivity index (χ0n) is 12.9. The van der Waals surface area contributed by atoms with Gasteiger partial charge in [-0.1, -0.05) is 6.92 Å². The summed E-state index contributed by atoms with van der Waals surface area (Å²) in [6.45, 7) is 4.56. The summed E-state index contributed by atoms with van der Waals surface area (Å²) in [5.74, 6) is -1.22. The topological polar surface area (TPSA) is 101 Å². The number of carbonyl (C=O) groups excluding carboxylic acids is 1. The molecule has 7 nitrogen and oxygen atoms in total. The van der Waals surface area contributed by atoms with Gasteiger partial charge in [-0.2, -0.15) is 10.2 Å². The maximum atomic E-state index is 12.6. The van der Waals surface area contributed by atoms with Crippen LogP contribution in [0.5, 0.6) is 0 Å². The molecule has 1 aliphatic heterocycles. The van der Waals surface area contributed by atoms with Gasteiger partial charge >= 0.3 is 5.97 Å². The van der Waals surface area contributed by atoms with E-state index in [-0.39, 0.29) is 12.3 Å². The number of aliphatic carboxylic acids is 1. The number of aromatic nitrogens is 2. The molecule has 2 N–H and O–H groups in total. The molecule has 2 heterocycles. The van der Waals surface area contributed by atoms with Crippen LogP contribution in [-0.2, 0) is 16.0 Å². The second-order valence-corrected chi connectivity index (χ2v) is 5.62. The summed E-state index contributed by atoms with van der Waals surface area (Å²) in [4.78, 5) is 23.8. The number of hydrogen-bond acceptors (Lipinski definition) is 5. The van der Waals surface area contributed by atoms with Crippen LogP contribution < -0.4 is 5.32 Å². The predicted octanol–water partition coefficient (Wildman–Crippen LogP) is 1.10. The molecule has 1 aromatic rings. The Balaban J connectivity index is 2.24. The van der Waals surface area contributed by atoms with Crippen molar-refractivity contribution in [3.63, 3.8) is 0 Å². The second kappa shape index (κ2) is 6.83. The summed E-state index contributed by atoms with van der Waals surface area (Å²) in [5, 5.41) is 20.1. The average molecular weight is 307 g/mol. The van der Waals surface area contributed by atoms with Gasteiger partial charge in [0, 0.05) is 13.2 Å². The second-order valence-electron chi connectivity index (χ2n) is 5.62. The Kier molecular flexibility index (Phi) is 5.07. The molecule has 22 heavy (non-hydrogen) atoms. The number of hydrogen-bond donors (Lipinski definition) is 2. The Bertz CT molecular complexity index is 568. The van der Waals surface area contributed by atoms with Gasteiger partial charge in [0.2, 0.25) is 0 Å². The molecule has 120 valence electrons.